The SMILES string of the molecule is Cc1nc2nc[nH]n2c(=O)c1CCC(=O)Nc1cccc2ncccc12. The van der Waals surface area contributed by atoms with E-state index in [1.807, 2.05) is 30.3 Å². The van der Waals surface area contributed by atoms with Crippen molar-refractivity contribution in [2.24, 2.45) is 0 Å². The molecule has 3 aromatic heterocycles. The molecule has 0 saturated heterocycles. The molecule has 0 spiro atoms. The van der Waals surface area contributed by atoms with Crippen LogP contribution in [0.15, 0.2) is 47.7 Å². The molecular formula is C18H16N6O2. The number of aromatic amines is 1. The minimum atomic E-state index is -0.229. The Balaban J connectivity index is 1.53. The molecule has 4 rings (SSSR count). The number of benzene rings is 1. The van der Waals surface area contributed by atoms with E-state index in [1.54, 1.807) is 13.1 Å². The number of amides is 1. The van der Waals surface area contributed by atoms with Crippen LogP contribution in [0, 0.1) is 6.92 Å². The van der Waals surface area contributed by atoms with Gasteiger partial charge in [-0.2, -0.15) is 4.52 Å². The van der Waals surface area contributed by atoms with Gasteiger partial charge in [0.25, 0.3) is 11.3 Å². The maximum absolute atomic E-state index is 12.5. The fourth-order valence-electron chi connectivity index (χ4n) is 2.95. The van der Waals surface area contributed by atoms with Crippen LogP contribution >= 0.6 is 0 Å². The molecule has 8 heteroatoms. The second-order valence-corrected chi connectivity index (χ2v) is 5.93. The van der Waals surface area contributed by atoms with Crippen LogP contribution in [-0.2, 0) is 11.2 Å². The van der Waals surface area contributed by atoms with Gasteiger partial charge >= 0.3 is 0 Å². The molecule has 4 aromatic rings. The first kappa shape index (κ1) is 15.9. The Hall–Kier alpha value is -3.55. The summed E-state index contributed by atoms with van der Waals surface area (Å²) in [6.07, 6.45) is 3.60. The monoisotopic (exact) mass is 348 g/mol. The number of anilines is 1. The lowest BCUT2D eigenvalue weighted by atomic mass is 10.1. The van der Waals surface area contributed by atoms with Crippen LogP contribution in [0.3, 0.4) is 0 Å². The molecule has 8 nitrogen and oxygen atoms in total. The lowest BCUT2D eigenvalue weighted by Gasteiger charge is -2.09. The number of carbonyl (C=O) groups is 1. The van der Waals surface area contributed by atoms with Crippen molar-refractivity contribution in [1.82, 2.24) is 24.6 Å². The van der Waals surface area contributed by atoms with E-state index in [4.69, 9.17) is 0 Å². The van der Waals surface area contributed by atoms with Gasteiger partial charge in [-0.3, -0.25) is 19.7 Å². The van der Waals surface area contributed by atoms with Crippen LogP contribution in [0.2, 0.25) is 0 Å². The normalized spacial score (nSPS) is 11.1. The average molecular weight is 348 g/mol. The Labute approximate surface area is 147 Å². The first-order valence-electron chi connectivity index (χ1n) is 8.19. The van der Waals surface area contributed by atoms with Gasteiger partial charge in [-0.25, -0.2) is 9.97 Å². The Morgan fingerprint density at radius 3 is 3.00 bits per heavy atom. The van der Waals surface area contributed by atoms with Gasteiger partial charge in [0.1, 0.15) is 6.33 Å². The zero-order valence-corrected chi connectivity index (χ0v) is 14.1. The predicted octanol–water partition coefficient (Wildman–Crippen LogP) is 1.85. The Morgan fingerprint density at radius 2 is 2.12 bits per heavy atom. The number of H-pyrrole nitrogens is 1. The lowest BCUT2D eigenvalue weighted by molar-refractivity contribution is -0.116. The molecule has 0 radical (unpaired) electrons. The summed E-state index contributed by atoms with van der Waals surface area (Å²) in [5.74, 6) is 0.152. The number of carbonyl (C=O) groups excluding carboxylic acids is 1. The fraction of sp³-hybridized carbons (Fsp3) is 0.167. The van der Waals surface area contributed by atoms with E-state index in [0.29, 0.717) is 29.1 Å². The maximum atomic E-state index is 12.5. The molecule has 1 amide bonds. The number of aryl methyl sites for hydroxylation is 1. The first-order valence-corrected chi connectivity index (χ1v) is 8.19. The second-order valence-electron chi connectivity index (χ2n) is 5.93. The van der Waals surface area contributed by atoms with Gasteiger partial charge in [-0.05, 0) is 37.6 Å². The van der Waals surface area contributed by atoms with E-state index in [9.17, 15) is 9.59 Å². The summed E-state index contributed by atoms with van der Waals surface area (Å²) in [7, 11) is 0. The van der Waals surface area contributed by atoms with Crippen LogP contribution in [-0.4, -0.2) is 30.5 Å². The third-order valence-corrected chi connectivity index (χ3v) is 4.25. The molecule has 1 aromatic carbocycles. The number of hydrogen-bond donors (Lipinski definition) is 2. The van der Waals surface area contributed by atoms with Crippen molar-refractivity contribution >= 4 is 28.3 Å². The maximum Gasteiger partial charge on any atom is 0.277 e. The van der Waals surface area contributed by atoms with Crippen LogP contribution in [0.25, 0.3) is 16.7 Å². The molecule has 0 bridgehead atoms. The highest BCUT2D eigenvalue weighted by Gasteiger charge is 2.13. The molecule has 0 saturated carbocycles. The van der Waals surface area contributed by atoms with Crippen molar-refractivity contribution in [1.29, 1.82) is 0 Å². The van der Waals surface area contributed by atoms with Crippen molar-refractivity contribution in [3.8, 4) is 0 Å². The quantitative estimate of drug-likeness (QED) is 0.585. The highest BCUT2D eigenvalue weighted by atomic mass is 16.1. The number of nitrogens with zero attached hydrogens (tertiary/aromatic N) is 4. The topological polar surface area (TPSA) is 105 Å². The van der Waals surface area contributed by atoms with Gasteiger partial charge in [0.2, 0.25) is 5.91 Å². The van der Waals surface area contributed by atoms with Crippen LogP contribution < -0.4 is 10.9 Å². The molecule has 3 heterocycles. The molecule has 0 aliphatic heterocycles. The molecule has 130 valence electrons. The molecule has 0 atom stereocenters. The van der Waals surface area contributed by atoms with Crippen molar-refractivity contribution in [2.75, 3.05) is 5.32 Å². The highest BCUT2D eigenvalue weighted by molar-refractivity contribution is 6.00. The number of hydrogen-bond acceptors (Lipinski definition) is 5. The lowest BCUT2D eigenvalue weighted by Crippen LogP contribution is -2.23. The van der Waals surface area contributed by atoms with Gasteiger partial charge in [0.05, 0.1) is 16.9 Å². The van der Waals surface area contributed by atoms with E-state index in [-0.39, 0.29) is 17.9 Å². The van der Waals surface area contributed by atoms with E-state index < -0.39 is 0 Å². The van der Waals surface area contributed by atoms with Gasteiger partial charge in [0, 0.05) is 23.6 Å². The summed E-state index contributed by atoms with van der Waals surface area (Å²) in [6.45, 7) is 1.75. The largest absolute Gasteiger partial charge is 0.325 e. The number of fused-ring (bicyclic) bond motifs is 2. The minimum absolute atomic E-state index is 0.171. The molecule has 0 aliphatic carbocycles. The van der Waals surface area contributed by atoms with Crippen molar-refractivity contribution in [3.05, 3.63) is 64.5 Å². The van der Waals surface area contributed by atoms with E-state index in [1.165, 1.54) is 10.8 Å². The molecule has 0 aliphatic rings. The first-order chi connectivity index (χ1) is 12.6. The Bertz CT molecular complexity index is 1170. The standard InChI is InChI=1S/C18H16N6O2/c1-11-12(17(26)24-18(22-11)20-10-21-24)7-8-16(25)23-15-6-2-5-14-13(15)4-3-9-19-14/h2-6,9-10H,7-8H2,1H3,(H,23,25)(H,20,21,22). The van der Waals surface area contributed by atoms with E-state index in [2.05, 4.69) is 25.4 Å². The molecule has 0 fully saturated rings. The average Bonchev–Trinajstić information content (AvgIpc) is 3.10. The highest BCUT2D eigenvalue weighted by Crippen LogP contribution is 2.21. The number of aromatic nitrogens is 5. The van der Waals surface area contributed by atoms with Crippen LogP contribution in [0.4, 0.5) is 5.69 Å². The third kappa shape index (κ3) is 2.81. The predicted molar refractivity (Wildman–Crippen MR) is 97.0 cm³/mol. The summed E-state index contributed by atoms with van der Waals surface area (Å²) in [4.78, 5) is 37.4. The van der Waals surface area contributed by atoms with Crippen LogP contribution in [0.5, 0.6) is 0 Å². The number of nitrogens with one attached hydrogen (secondary N) is 2. The zero-order chi connectivity index (χ0) is 18.1. The van der Waals surface area contributed by atoms with Gasteiger partial charge < -0.3 is 5.32 Å². The molecule has 2 N–H and O–H groups in total. The van der Waals surface area contributed by atoms with Crippen molar-refractivity contribution < 1.29 is 4.79 Å². The van der Waals surface area contributed by atoms with Crippen molar-refractivity contribution in [2.45, 2.75) is 19.8 Å². The smallest absolute Gasteiger partial charge is 0.277 e. The summed E-state index contributed by atoms with van der Waals surface area (Å²) < 4.78 is 1.27. The summed E-state index contributed by atoms with van der Waals surface area (Å²) >= 11 is 0. The van der Waals surface area contributed by atoms with E-state index >= 15 is 0 Å². The number of rotatable bonds is 4. The van der Waals surface area contributed by atoms with Crippen LogP contribution in [0.1, 0.15) is 17.7 Å². The Kier molecular flexibility index (Phi) is 3.92. The fourth-order valence-corrected chi connectivity index (χ4v) is 2.95. The van der Waals surface area contributed by atoms with Gasteiger partial charge in [-0.1, -0.05) is 6.07 Å². The summed E-state index contributed by atoms with van der Waals surface area (Å²) in [5, 5.41) is 6.50. The van der Waals surface area contributed by atoms with Gasteiger partial charge in [0.15, 0.2) is 0 Å². The number of pyridine rings is 1. The molecular weight excluding hydrogens is 332 g/mol. The van der Waals surface area contributed by atoms with E-state index in [0.717, 1.165) is 10.9 Å². The Morgan fingerprint density at radius 1 is 1.23 bits per heavy atom. The van der Waals surface area contributed by atoms with Gasteiger partial charge in [-0.15, -0.1) is 0 Å². The summed E-state index contributed by atoms with van der Waals surface area (Å²) in [6, 6.07) is 9.30. The molecule has 0 unspecified atom stereocenters. The van der Waals surface area contributed by atoms with Crippen molar-refractivity contribution in [3.63, 3.8) is 0 Å². The third-order valence-electron chi connectivity index (χ3n) is 4.25. The zero-order valence-electron chi connectivity index (χ0n) is 14.1. The summed E-state index contributed by atoms with van der Waals surface area (Å²) in [5.41, 5.74) is 2.38. The minimum Gasteiger partial charge on any atom is -0.325 e. The molecule has 26 heavy (non-hydrogen) atoms. The second kappa shape index (κ2) is 6.40.